The van der Waals surface area contributed by atoms with E-state index >= 15 is 0 Å². The number of nitrogens with two attached hydrogens (primary N) is 1. The molecule has 0 aromatic heterocycles. The van der Waals surface area contributed by atoms with Crippen LogP contribution in [-0.2, 0) is 25.6 Å². The van der Waals surface area contributed by atoms with E-state index in [1.54, 1.807) is 39.2 Å². The predicted octanol–water partition coefficient (Wildman–Crippen LogP) is -0.949. The number of anilines is 2. The number of carbonyl (C=O) groups is 5. The third-order valence-electron chi connectivity index (χ3n) is 8.80. The van der Waals surface area contributed by atoms with Gasteiger partial charge in [-0.05, 0) is 65.3 Å². The highest BCUT2D eigenvalue weighted by Crippen LogP contribution is 2.53. The predicted molar refractivity (Wildman–Crippen MR) is 153 cm³/mol. The summed E-state index contributed by atoms with van der Waals surface area (Å²) < 4.78 is 0. The first kappa shape index (κ1) is 31.5. The van der Waals surface area contributed by atoms with E-state index in [0.717, 1.165) is 0 Å². The zero-order valence-corrected chi connectivity index (χ0v) is 25.0. The molecule has 7 N–H and O–H groups in total. The topological polar surface area (TPSA) is 203 Å². The number of aliphatic hydroxyl groups excluding tert-OH is 1. The second-order valence-corrected chi connectivity index (χ2v) is 13.2. The Morgan fingerprint density at radius 2 is 1.74 bits per heavy atom. The van der Waals surface area contributed by atoms with Crippen molar-refractivity contribution in [3.63, 3.8) is 0 Å². The number of aliphatic hydroxyl groups is 2. The Kier molecular flexibility index (Phi) is 8.04. The summed E-state index contributed by atoms with van der Waals surface area (Å²) >= 11 is 0. The van der Waals surface area contributed by atoms with Gasteiger partial charge in [-0.25, -0.2) is 0 Å². The standard InChI is InChI=1S/C29H41N5O8/c1-28(2,3)31-11-17(35)32-15-10-16(33(4)5)13-8-12-9-14-21(34(6)7)24(38)20(27(30)41)26(40)29(14,42)25(39)18(12)23(37)19(13)22(15)36/h10,12,14,18,20-21,24,31,36,38,42H,8-9,11H2,1-7H3,(H2,30,41)(H,32,35)/t12-,14-,18?,20?,21-,24?,29-/m1/s1. The van der Waals surface area contributed by atoms with Crippen LogP contribution in [0.3, 0.4) is 0 Å². The summed E-state index contributed by atoms with van der Waals surface area (Å²) in [6.07, 6.45) is -1.40. The Bertz CT molecular complexity index is 1350. The summed E-state index contributed by atoms with van der Waals surface area (Å²) in [5.41, 5.74) is 3.14. The molecule has 1 aromatic rings. The highest BCUT2D eigenvalue weighted by molar-refractivity contribution is 6.26. The minimum Gasteiger partial charge on any atom is -0.505 e. The third-order valence-corrected chi connectivity index (χ3v) is 8.80. The van der Waals surface area contributed by atoms with Gasteiger partial charge in [0.2, 0.25) is 11.8 Å². The Morgan fingerprint density at radius 1 is 1.12 bits per heavy atom. The fourth-order valence-electron chi connectivity index (χ4n) is 6.90. The van der Waals surface area contributed by atoms with E-state index in [1.807, 2.05) is 20.8 Å². The maximum Gasteiger partial charge on any atom is 0.238 e. The molecule has 2 saturated carbocycles. The maximum absolute atomic E-state index is 14.1. The molecule has 42 heavy (non-hydrogen) atoms. The molecule has 0 spiro atoms. The molecule has 0 saturated heterocycles. The van der Waals surface area contributed by atoms with Crippen molar-refractivity contribution in [2.24, 2.45) is 29.4 Å². The summed E-state index contributed by atoms with van der Waals surface area (Å²) in [7, 11) is 6.66. The van der Waals surface area contributed by atoms with Crippen LogP contribution in [0.1, 0.15) is 43.1 Å². The van der Waals surface area contributed by atoms with Crippen molar-refractivity contribution in [2.75, 3.05) is 45.0 Å². The molecule has 3 unspecified atom stereocenters. The second-order valence-electron chi connectivity index (χ2n) is 13.2. The van der Waals surface area contributed by atoms with Crippen molar-refractivity contribution in [1.29, 1.82) is 0 Å². The maximum atomic E-state index is 14.1. The number of likely N-dealkylation sites (N-methyl/N-ethyl adjacent to an activating group) is 1. The molecule has 4 rings (SSSR count). The van der Waals surface area contributed by atoms with Crippen LogP contribution in [0.4, 0.5) is 11.4 Å². The molecule has 2 amide bonds. The summed E-state index contributed by atoms with van der Waals surface area (Å²) in [6, 6.07) is 0.582. The number of hydrogen-bond acceptors (Lipinski definition) is 11. The highest BCUT2D eigenvalue weighted by Gasteiger charge is 2.69. The molecule has 3 aliphatic rings. The van der Waals surface area contributed by atoms with Crippen LogP contribution in [0.15, 0.2) is 6.07 Å². The molecular formula is C29H41N5O8. The van der Waals surface area contributed by atoms with Crippen LogP contribution in [0.2, 0.25) is 0 Å². The van der Waals surface area contributed by atoms with Gasteiger partial charge in [-0.1, -0.05) is 0 Å². The van der Waals surface area contributed by atoms with Gasteiger partial charge in [0.15, 0.2) is 23.0 Å². The normalized spacial score (nSPS) is 30.9. The monoisotopic (exact) mass is 587 g/mol. The van der Waals surface area contributed by atoms with Crippen LogP contribution in [-0.4, -0.2) is 107 Å². The largest absolute Gasteiger partial charge is 0.505 e. The van der Waals surface area contributed by atoms with Gasteiger partial charge >= 0.3 is 0 Å². The zero-order chi connectivity index (χ0) is 31.6. The van der Waals surface area contributed by atoms with E-state index in [0.29, 0.717) is 11.3 Å². The minimum atomic E-state index is -2.74. The molecule has 13 nitrogen and oxygen atoms in total. The van der Waals surface area contributed by atoms with Crippen LogP contribution in [0.5, 0.6) is 5.75 Å². The van der Waals surface area contributed by atoms with Crippen LogP contribution in [0.25, 0.3) is 0 Å². The average Bonchev–Trinajstić information content (AvgIpc) is 2.85. The first-order valence-electron chi connectivity index (χ1n) is 13.9. The van der Waals surface area contributed by atoms with Crippen LogP contribution in [0, 0.1) is 23.7 Å². The number of primary amides is 1. The van der Waals surface area contributed by atoms with Gasteiger partial charge in [-0.15, -0.1) is 0 Å². The molecule has 230 valence electrons. The highest BCUT2D eigenvalue weighted by atomic mass is 16.3. The number of ketones is 3. The lowest BCUT2D eigenvalue weighted by atomic mass is 9.52. The number of fused-ring (bicyclic) bond motifs is 3. The number of aromatic hydroxyl groups is 1. The van der Waals surface area contributed by atoms with E-state index in [4.69, 9.17) is 5.73 Å². The quantitative estimate of drug-likeness (QED) is 0.177. The molecule has 2 fully saturated rings. The lowest BCUT2D eigenvalue weighted by molar-refractivity contribution is -0.190. The molecule has 7 atom stereocenters. The molecule has 13 heteroatoms. The minimum absolute atomic E-state index is 0.0137. The van der Waals surface area contributed by atoms with Gasteiger partial charge in [0.25, 0.3) is 0 Å². The number of nitrogens with one attached hydrogen (secondary N) is 2. The fraction of sp³-hybridized carbons (Fsp3) is 0.621. The number of rotatable bonds is 6. The van der Waals surface area contributed by atoms with Gasteiger partial charge in [0.1, 0.15) is 11.7 Å². The Balaban J connectivity index is 1.81. The van der Waals surface area contributed by atoms with Gasteiger partial charge in [0.05, 0.1) is 29.8 Å². The lowest BCUT2D eigenvalue weighted by Crippen LogP contribution is -2.75. The number of phenols is 1. The van der Waals surface area contributed by atoms with E-state index < -0.39 is 76.3 Å². The molecule has 0 aliphatic heterocycles. The first-order valence-corrected chi connectivity index (χ1v) is 13.9. The zero-order valence-electron chi connectivity index (χ0n) is 25.0. The Labute approximate surface area is 244 Å². The van der Waals surface area contributed by atoms with E-state index in [1.165, 1.54) is 4.90 Å². The van der Waals surface area contributed by atoms with Crippen molar-refractivity contribution >= 4 is 40.5 Å². The Morgan fingerprint density at radius 3 is 2.26 bits per heavy atom. The van der Waals surface area contributed by atoms with E-state index in [9.17, 15) is 39.3 Å². The number of nitrogens with zero attached hydrogens (tertiary/aromatic N) is 2. The SMILES string of the molecule is CN(C)c1cc(NC(=O)CNC(C)(C)C)c(O)c2c1C[C@@H]1C[C@@H]3[C@@H](N(C)C)C(O)C(C(N)=O)C(=O)[C@]3(O)C(=O)C1C2=O. The van der Waals surface area contributed by atoms with Crippen molar-refractivity contribution in [2.45, 2.75) is 56.9 Å². The third kappa shape index (κ3) is 4.97. The van der Waals surface area contributed by atoms with Crippen molar-refractivity contribution in [3.05, 3.63) is 17.2 Å². The number of hydrogen-bond donors (Lipinski definition) is 6. The van der Waals surface area contributed by atoms with E-state index in [2.05, 4.69) is 10.6 Å². The van der Waals surface area contributed by atoms with Crippen molar-refractivity contribution in [1.82, 2.24) is 10.2 Å². The number of phenolic OH excluding ortho intramolecular Hbond substituents is 1. The van der Waals surface area contributed by atoms with Crippen molar-refractivity contribution in [3.8, 4) is 5.75 Å². The molecule has 3 aliphatic carbocycles. The van der Waals surface area contributed by atoms with Crippen LogP contribution >= 0.6 is 0 Å². The molecule has 1 aromatic carbocycles. The first-order chi connectivity index (χ1) is 19.3. The lowest BCUT2D eigenvalue weighted by Gasteiger charge is -2.55. The van der Waals surface area contributed by atoms with Gasteiger partial charge in [-0.2, -0.15) is 0 Å². The summed E-state index contributed by atoms with van der Waals surface area (Å²) in [5.74, 6) is -10.4. The van der Waals surface area contributed by atoms with Gasteiger partial charge in [0, 0.05) is 37.3 Å². The number of benzene rings is 1. The molecular weight excluding hydrogens is 546 g/mol. The molecule has 0 heterocycles. The summed E-state index contributed by atoms with van der Waals surface area (Å²) in [4.78, 5) is 69.8. The molecule has 0 bridgehead atoms. The van der Waals surface area contributed by atoms with Crippen LogP contribution < -0.4 is 21.3 Å². The van der Waals surface area contributed by atoms with Crippen molar-refractivity contribution < 1.29 is 39.3 Å². The smallest absolute Gasteiger partial charge is 0.238 e. The average molecular weight is 588 g/mol. The van der Waals surface area contributed by atoms with Gasteiger partial charge < -0.3 is 41.5 Å². The number of carbonyl (C=O) groups excluding carboxylic acids is 5. The Hall–Kier alpha value is -3.39. The number of amides is 2. The number of Topliss-reactive ketones (excluding diaryl/α,β-unsaturated/α-hetero) is 3. The fourth-order valence-corrected chi connectivity index (χ4v) is 6.90. The molecule has 0 radical (unpaired) electrons. The van der Waals surface area contributed by atoms with E-state index in [-0.39, 0.29) is 36.2 Å². The second kappa shape index (κ2) is 10.7. The summed E-state index contributed by atoms with van der Waals surface area (Å²) in [6.45, 7) is 5.60. The summed E-state index contributed by atoms with van der Waals surface area (Å²) in [5, 5.41) is 39.7. The van der Waals surface area contributed by atoms with Gasteiger partial charge in [-0.3, -0.25) is 24.0 Å².